The fourth-order valence-corrected chi connectivity index (χ4v) is 8.03. The number of amides is 1. The number of aliphatic hydroxyl groups excluding tert-OH is 1. The van der Waals surface area contributed by atoms with Crippen molar-refractivity contribution in [1.82, 2.24) is 9.72 Å². The molecule has 1 aliphatic carbocycles. The molecule has 2 aromatic carbocycles. The molecule has 52 heavy (non-hydrogen) atoms. The molecule has 0 bridgehead atoms. The van der Waals surface area contributed by atoms with Crippen molar-refractivity contribution in [2.24, 2.45) is 0 Å². The smallest absolute Gasteiger partial charge is 0.369 e. The number of carbonyl (C=O) groups excluding carboxylic acids is 1. The maximum atomic E-state index is 13.2. The Morgan fingerprint density at radius 3 is 2.37 bits per heavy atom. The van der Waals surface area contributed by atoms with Crippen molar-refractivity contribution in [3.05, 3.63) is 112 Å². The van der Waals surface area contributed by atoms with Gasteiger partial charge in [0.1, 0.15) is 30.2 Å². The van der Waals surface area contributed by atoms with Gasteiger partial charge in [0.2, 0.25) is 0 Å². The Labute approximate surface area is 291 Å². The largest absolute Gasteiger partial charge is 0.872 e. The first-order valence-corrected chi connectivity index (χ1v) is 18.4. The fourth-order valence-electron chi connectivity index (χ4n) is 5.94. The second-order valence-electron chi connectivity index (χ2n) is 12.0. The van der Waals surface area contributed by atoms with Crippen LogP contribution in [0.25, 0.3) is 39.1 Å². The van der Waals surface area contributed by atoms with Crippen molar-refractivity contribution < 1.29 is 67.7 Å². The Balaban J connectivity index is 1.26. The molecule has 17 nitrogen and oxygen atoms in total. The molecule has 0 fully saturated rings. The number of carboxylic acids is 1. The normalized spacial score (nSPS) is 13.1. The van der Waals surface area contributed by atoms with Gasteiger partial charge < -0.3 is 49.7 Å². The van der Waals surface area contributed by atoms with Gasteiger partial charge in [-0.3, -0.25) is 18.7 Å². The molecule has 1 unspecified atom stereocenters. The van der Waals surface area contributed by atoms with Crippen LogP contribution in [0.5, 0.6) is 5.75 Å². The van der Waals surface area contributed by atoms with Crippen LogP contribution in [0.1, 0.15) is 26.4 Å². The lowest BCUT2D eigenvalue weighted by atomic mass is 9.90. The van der Waals surface area contributed by atoms with Crippen molar-refractivity contribution in [2.75, 3.05) is 6.54 Å². The van der Waals surface area contributed by atoms with Crippen molar-refractivity contribution in [3.63, 3.8) is 0 Å². The molecule has 2 aliphatic rings. The number of hydrogen-bond donors (Lipinski definition) is 8. The average molecular weight is 754 g/mol. The molecule has 4 aromatic rings. The second kappa shape index (κ2) is 13.4. The van der Waals surface area contributed by atoms with E-state index in [4.69, 9.17) is 4.42 Å². The summed E-state index contributed by atoms with van der Waals surface area (Å²) < 4.78 is 32.4. The molecule has 2 aromatic heterocycles. The molecule has 6 rings (SSSR count). The number of carboxylic acid groups (broad SMARTS) is 1. The minimum absolute atomic E-state index is 0.0790. The molecule has 270 valence electrons. The summed E-state index contributed by atoms with van der Waals surface area (Å²) in [4.78, 5) is 76.2. The molecule has 0 saturated carbocycles. The summed E-state index contributed by atoms with van der Waals surface area (Å²) in [5.74, 6) is -2.39. The fraction of sp³-hybridized carbons (Fsp3) is 0.152. The Hall–Kier alpha value is -5.22. The van der Waals surface area contributed by atoms with E-state index in [0.29, 0.717) is 22.2 Å². The van der Waals surface area contributed by atoms with Gasteiger partial charge in [-0.2, -0.15) is 4.40 Å². The average Bonchev–Trinajstić information content (AvgIpc) is 3.40. The highest BCUT2D eigenvalue weighted by atomic mass is 31.2. The quantitative estimate of drug-likeness (QED) is 0.0525. The Kier molecular flexibility index (Phi) is 9.42. The molecule has 1 atom stereocenters. The van der Waals surface area contributed by atoms with Gasteiger partial charge in [-0.15, -0.1) is 5.75 Å². The van der Waals surface area contributed by atoms with Gasteiger partial charge in [0.15, 0.2) is 11.1 Å². The zero-order chi connectivity index (χ0) is 37.7. The van der Waals surface area contributed by atoms with Gasteiger partial charge >= 0.3 is 21.2 Å². The molecular formula is C33H29N3O14P2. The van der Waals surface area contributed by atoms with Gasteiger partial charge in [0.25, 0.3) is 16.6 Å². The summed E-state index contributed by atoms with van der Waals surface area (Å²) >= 11 is 0. The zero-order valence-corrected chi connectivity index (χ0v) is 28.3. The highest BCUT2D eigenvalue weighted by Gasteiger charge is 2.60. The van der Waals surface area contributed by atoms with Gasteiger partial charge in [-0.1, -0.05) is 24.3 Å². The SMILES string of the molecule is O=C(NCC(O)C[n+]1cc(CC(O)(P(=O)(O)O)P(=O)(O)O)n2ccccc21)c1ccc(-c2c3ccc(=O)cc-3oc3cc([O-])ccc23)c(C(=O)O)c1. The number of aliphatic hydroxyl groups is 2. The van der Waals surface area contributed by atoms with E-state index in [9.17, 15) is 63.5 Å². The Morgan fingerprint density at radius 1 is 0.962 bits per heavy atom. The van der Waals surface area contributed by atoms with Crippen LogP contribution in [0, 0.1) is 0 Å². The van der Waals surface area contributed by atoms with E-state index >= 15 is 0 Å². The summed E-state index contributed by atoms with van der Waals surface area (Å²) in [5.41, 5.74) is 0.485. The molecule has 0 radical (unpaired) electrons. The molecule has 0 saturated heterocycles. The molecule has 1 amide bonds. The number of aromatic nitrogens is 2. The van der Waals surface area contributed by atoms with Crippen LogP contribution in [0.3, 0.4) is 0 Å². The van der Waals surface area contributed by atoms with Crippen molar-refractivity contribution in [3.8, 4) is 28.2 Å². The van der Waals surface area contributed by atoms with Crippen molar-refractivity contribution in [2.45, 2.75) is 24.2 Å². The van der Waals surface area contributed by atoms with E-state index in [0.717, 1.165) is 6.07 Å². The third-order valence-electron chi connectivity index (χ3n) is 8.45. The molecular weight excluding hydrogens is 724 g/mol. The first-order valence-electron chi connectivity index (χ1n) is 15.2. The number of rotatable bonds is 11. The van der Waals surface area contributed by atoms with Gasteiger partial charge in [-0.25, -0.2) is 9.36 Å². The van der Waals surface area contributed by atoms with Crippen LogP contribution < -0.4 is 20.4 Å². The van der Waals surface area contributed by atoms with Crippen LogP contribution in [-0.4, -0.2) is 68.9 Å². The number of hydrogen-bond acceptors (Lipinski definition) is 9. The maximum absolute atomic E-state index is 13.2. The monoisotopic (exact) mass is 753 g/mol. The lowest BCUT2D eigenvalue weighted by Crippen LogP contribution is -2.44. The summed E-state index contributed by atoms with van der Waals surface area (Å²) in [6, 6.07) is 16.5. The first-order chi connectivity index (χ1) is 24.4. The van der Waals surface area contributed by atoms with E-state index in [-0.39, 0.29) is 58.0 Å². The zero-order valence-electron chi connectivity index (χ0n) is 26.6. The molecule has 1 aliphatic heterocycles. The van der Waals surface area contributed by atoms with Crippen LogP contribution >= 0.6 is 15.2 Å². The summed E-state index contributed by atoms with van der Waals surface area (Å²) in [5, 5.41) is 42.8. The molecule has 3 heterocycles. The number of imidazole rings is 1. The number of nitrogens with one attached hydrogen (secondary N) is 1. The van der Waals surface area contributed by atoms with E-state index in [1.54, 1.807) is 6.07 Å². The lowest BCUT2D eigenvalue weighted by molar-refractivity contribution is -0.678. The standard InChI is InChI=1S/C33H29N3O14P2/c37-20-5-8-24-27(12-20)50-28-13-21(38)6-9-25(28)30(24)23-7-4-18(11-26(23)32(41)42)31(40)34-15-22(39)17-35-16-19(36-10-2-1-3-29(35)36)14-33(43,51(44,45)46)52(47,48)49/h1-13,16,22,39,43H,14-15,17H2,(H6-,34,37,38,40,41,42,44,45,46,47,48,49). The summed E-state index contributed by atoms with van der Waals surface area (Å²) in [7, 11) is -11.5. The molecule has 19 heteroatoms. The van der Waals surface area contributed by atoms with E-state index < -0.39 is 44.7 Å². The second-order valence-corrected chi connectivity index (χ2v) is 16.0. The van der Waals surface area contributed by atoms with Crippen LogP contribution in [0.4, 0.5) is 0 Å². The number of benzene rings is 3. The van der Waals surface area contributed by atoms with Crippen LogP contribution in [0.15, 0.2) is 94.4 Å². The lowest BCUT2D eigenvalue weighted by Gasteiger charge is -2.27. The first kappa shape index (κ1) is 36.6. The summed E-state index contributed by atoms with van der Waals surface area (Å²) in [6.45, 7) is -0.609. The van der Waals surface area contributed by atoms with Gasteiger partial charge in [0.05, 0.1) is 18.2 Å². The van der Waals surface area contributed by atoms with Crippen molar-refractivity contribution in [1.29, 1.82) is 0 Å². The third-order valence-corrected chi connectivity index (χ3v) is 12.2. The molecule has 0 spiro atoms. The minimum Gasteiger partial charge on any atom is -0.872 e. The Morgan fingerprint density at radius 2 is 1.67 bits per heavy atom. The van der Waals surface area contributed by atoms with Crippen molar-refractivity contribution >= 4 is 43.7 Å². The van der Waals surface area contributed by atoms with Crippen LogP contribution in [-0.2, 0) is 22.1 Å². The predicted molar refractivity (Wildman–Crippen MR) is 180 cm³/mol. The highest BCUT2D eigenvalue weighted by molar-refractivity contribution is 7.72. The maximum Gasteiger partial charge on any atom is 0.369 e. The number of aromatic carboxylic acids is 1. The number of carbonyl (C=O) groups is 2. The summed E-state index contributed by atoms with van der Waals surface area (Å²) in [6.07, 6.45) is 0.180. The van der Waals surface area contributed by atoms with Gasteiger partial charge in [-0.05, 0) is 42.0 Å². The predicted octanol–water partition coefficient (Wildman–Crippen LogP) is 1.21. The number of fused-ring (bicyclic) bond motifs is 3. The van der Waals surface area contributed by atoms with E-state index in [2.05, 4.69) is 5.32 Å². The topological polar surface area (TPSA) is 283 Å². The van der Waals surface area contributed by atoms with Crippen LogP contribution in [0.2, 0.25) is 0 Å². The van der Waals surface area contributed by atoms with E-state index in [1.807, 2.05) is 0 Å². The minimum atomic E-state index is -5.77. The Bertz CT molecular complexity index is 2500. The number of nitrogens with zero attached hydrogens (tertiary/aromatic N) is 2. The van der Waals surface area contributed by atoms with E-state index in [1.165, 1.54) is 82.0 Å². The van der Waals surface area contributed by atoms with Gasteiger partial charge in [0, 0.05) is 40.8 Å². The third kappa shape index (κ3) is 6.75. The highest BCUT2D eigenvalue weighted by Crippen LogP contribution is 2.68. The molecule has 8 N–H and O–H groups in total. The number of pyridine rings is 1.